The number of aryl methyl sites for hydroxylation is 2. The van der Waals surface area contributed by atoms with Crippen molar-refractivity contribution < 1.29 is 9.18 Å². The summed E-state index contributed by atoms with van der Waals surface area (Å²) >= 11 is 5.94. The number of hydrogen-bond acceptors (Lipinski definition) is 3. The van der Waals surface area contributed by atoms with Crippen molar-refractivity contribution in [2.24, 2.45) is 0 Å². The van der Waals surface area contributed by atoms with Gasteiger partial charge in [-0.25, -0.2) is 14.4 Å². The Kier molecular flexibility index (Phi) is 6.51. The van der Waals surface area contributed by atoms with E-state index in [1.807, 2.05) is 54.8 Å². The van der Waals surface area contributed by atoms with Crippen molar-refractivity contribution in [2.45, 2.75) is 39.3 Å². The van der Waals surface area contributed by atoms with Crippen molar-refractivity contribution in [3.05, 3.63) is 94.1 Å². The van der Waals surface area contributed by atoms with Gasteiger partial charge in [0.05, 0.1) is 12.6 Å². The van der Waals surface area contributed by atoms with Gasteiger partial charge >= 0.3 is 0 Å². The summed E-state index contributed by atoms with van der Waals surface area (Å²) in [4.78, 5) is 22.0. The van der Waals surface area contributed by atoms with E-state index in [1.165, 1.54) is 12.1 Å². The molecule has 1 unspecified atom stereocenters. The molecule has 164 valence electrons. The number of halogens is 2. The Hall–Kier alpha value is -3.25. The van der Waals surface area contributed by atoms with Gasteiger partial charge in [0.15, 0.2) is 5.65 Å². The van der Waals surface area contributed by atoms with Gasteiger partial charge in [0, 0.05) is 23.6 Å². The molecule has 1 atom stereocenters. The van der Waals surface area contributed by atoms with Crippen molar-refractivity contribution in [2.75, 3.05) is 0 Å². The van der Waals surface area contributed by atoms with Crippen LogP contribution in [0.1, 0.15) is 42.0 Å². The van der Waals surface area contributed by atoms with E-state index in [4.69, 9.17) is 16.6 Å². The molecule has 2 aromatic heterocycles. The maximum atomic E-state index is 13.3. The molecule has 2 aromatic carbocycles. The van der Waals surface area contributed by atoms with Crippen molar-refractivity contribution in [1.82, 2.24) is 19.9 Å². The number of carbonyl (C=O) groups is 1. The number of benzene rings is 2. The van der Waals surface area contributed by atoms with E-state index in [1.54, 1.807) is 12.1 Å². The van der Waals surface area contributed by atoms with Crippen LogP contribution in [0.5, 0.6) is 0 Å². The molecular formula is C25H24ClFN4O. The largest absolute Gasteiger partial charge is 0.350 e. The summed E-state index contributed by atoms with van der Waals surface area (Å²) in [6, 6.07) is 17.6. The molecule has 0 saturated carbocycles. The van der Waals surface area contributed by atoms with Gasteiger partial charge < -0.3 is 9.88 Å². The highest BCUT2D eigenvalue weighted by Crippen LogP contribution is 2.20. The molecule has 0 spiro atoms. The Morgan fingerprint density at radius 3 is 2.50 bits per heavy atom. The lowest BCUT2D eigenvalue weighted by molar-refractivity contribution is -0.121. The second kappa shape index (κ2) is 9.49. The van der Waals surface area contributed by atoms with E-state index in [2.05, 4.69) is 10.3 Å². The van der Waals surface area contributed by atoms with Gasteiger partial charge in [0.2, 0.25) is 5.91 Å². The fourth-order valence-corrected chi connectivity index (χ4v) is 3.77. The van der Waals surface area contributed by atoms with Crippen LogP contribution in [0.4, 0.5) is 4.39 Å². The highest BCUT2D eigenvalue weighted by molar-refractivity contribution is 6.30. The van der Waals surface area contributed by atoms with Crippen LogP contribution in [0.3, 0.4) is 0 Å². The predicted octanol–water partition coefficient (Wildman–Crippen LogP) is 5.39. The summed E-state index contributed by atoms with van der Waals surface area (Å²) in [6.45, 7) is 4.38. The van der Waals surface area contributed by atoms with E-state index >= 15 is 0 Å². The molecule has 1 amide bonds. The highest BCUT2D eigenvalue weighted by Gasteiger charge is 2.16. The third-order valence-corrected chi connectivity index (χ3v) is 5.64. The molecule has 0 aliphatic carbocycles. The Balaban J connectivity index is 1.51. The number of pyridine rings is 1. The first-order valence-corrected chi connectivity index (χ1v) is 10.9. The molecule has 4 aromatic rings. The van der Waals surface area contributed by atoms with Crippen LogP contribution >= 0.6 is 11.6 Å². The number of amides is 1. The fourth-order valence-electron chi connectivity index (χ4n) is 3.65. The fraction of sp³-hybridized carbons (Fsp3) is 0.240. The molecule has 4 rings (SSSR count). The first-order chi connectivity index (χ1) is 15.4. The summed E-state index contributed by atoms with van der Waals surface area (Å²) in [5.41, 5.74) is 4.36. The number of carbonyl (C=O) groups excluding carboxylic acids is 1. The van der Waals surface area contributed by atoms with E-state index in [0.717, 1.165) is 33.8 Å². The summed E-state index contributed by atoms with van der Waals surface area (Å²) in [5.74, 6) is 0.443. The Morgan fingerprint density at radius 2 is 1.78 bits per heavy atom. The summed E-state index contributed by atoms with van der Waals surface area (Å²) in [5, 5.41) is 3.69. The Bertz CT molecular complexity index is 1240. The first-order valence-electron chi connectivity index (χ1n) is 10.5. The summed E-state index contributed by atoms with van der Waals surface area (Å²) in [6.07, 6.45) is 0.763. The normalized spacial score (nSPS) is 12.1. The van der Waals surface area contributed by atoms with E-state index in [0.29, 0.717) is 24.4 Å². The Morgan fingerprint density at radius 1 is 1.06 bits per heavy atom. The van der Waals surface area contributed by atoms with Crippen LogP contribution in [0.2, 0.25) is 5.02 Å². The molecule has 0 fully saturated rings. The van der Waals surface area contributed by atoms with Gasteiger partial charge in [-0.15, -0.1) is 0 Å². The van der Waals surface area contributed by atoms with E-state index in [9.17, 15) is 9.18 Å². The monoisotopic (exact) mass is 450 g/mol. The quantitative estimate of drug-likeness (QED) is 0.410. The lowest BCUT2D eigenvalue weighted by Gasteiger charge is -2.15. The second-order valence-electron chi connectivity index (χ2n) is 7.88. The minimum atomic E-state index is -0.273. The molecule has 7 heteroatoms. The van der Waals surface area contributed by atoms with Crippen molar-refractivity contribution in [3.63, 3.8) is 0 Å². The zero-order chi connectivity index (χ0) is 22.7. The second-order valence-corrected chi connectivity index (χ2v) is 8.31. The van der Waals surface area contributed by atoms with Gasteiger partial charge in [-0.3, -0.25) is 4.79 Å². The summed E-state index contributed by atoms with van der Waals surface area (Å²) < 4.78 is 15.3. The third-order valence-electron chi connectivity index (χ3n) is 5.39. The number of hydrogen-bond donors (Lipinski definition) is 1. The number of aromatic nitrogens is 3. The molecule has 0 aliphatic rings. The number of nitrogens with one attached hydrogen (secondary N) is 1. The van der Waals surface area contributed by atoms with Crippen LogP contribution in [0, 0.1) is 12.7 Å². The topological polar surface area (TPSA) is 59.8 Å². The van der Waals surface area contributed by atoms with Crippen molar-refractivity contribution in [3.8, 4) is 0 Å². The third kappa shape index (κ3) is 5.14. The van der Waals surface area contributed by atoms with E-state index in [-0.39, 0.29) is 17.8 Å². The van der Waals surface area contributed by atoms with Gasteiger partial charge in [0.25, 0.3) is 0 Å². The maximum Gasteiger partial charge on any atom is 0.220 e. The summed E-state index contributed by atoms with van der Waals surface area (Å²) in [7, 11) is 0. The first kappa shape index (κ1) is 22.0. The van der Waals surface area contributed by atoms with Crippen LogP contribution in [0.25, 0.3) is 11.2 Å². The van der Waals surface area contributed by atoms with Crippen molar-refractivity contribution in [1.29, 1.82) is 0 Å². The minimum absolute atomic E-state index is 0.0584. The smallest absolute Gasteiger partial charge is 0.220 e. The molecule has 5 nitrogen and oxygen atoms in total. The lowest BCUT2D eigenvalue weighted by Crippen LogP contribution is -2.27. The number of nitrogens with zero attached hydrogens (tertiary/aromatic N) is 3. The highest BCUT2D eigenvalue weighted by atomic mass is 35.5. The van der Waals surface area contributed by atoms with Crippen LogP contribution in [-0.4, -0.2) is 20.4 Å². The molecule has 1 N–H and O–H groups in total. The molecule has 2 heterocycles. The van der Waals surface area contributed by atoms with Crippen LogP contribution in [-0.2, 0) is 17.8 Å². The predicted molar refractivity (Wildman–Crippen MR) is 124 cm³/mol. The molecule has 0 bridgehead atoms. The molecule has 0 aliphatic heterocycles. The van der Waals surface area contributed by atoms with Crippen LogP contribution in [0.15, 0.2) is 60.7 Å². The zero-order valence-electron chi connectivity index (χ0n) is 18.0. The van der Waals surface area contributed by atoms with E-state index < -0.39 is 0 Å². The molecule has 0 radical (unpaired) electrons. The average molecular weight is 451 g/mol. The molecular weight excluding hydrogens is 427 g/mol. The van der Waals surface area contributed by atoms with Gasteiger partial charge in [-0.1, -0.05) is 35.9 Å². The van der Waals surface area contributed by atoms with Crippen molar-refractivity contribution >= 4 is 28.7 Å². The SMILES string of the molecule is Cc1ccc2nc(CCC(=O)NC(C)c3ccc(Cl)cc3)n(Cc3ccc(F)cc3)c2n1. The van der Waals surface area contributed by atoms with Gasteiger partial charge in [0.1, 0.15) is 17.2 Å². The molecule has 32 heavy (non-hydrogen) atoms. The number of fused-ring (bicyclic) bond motifs is 1. The average Bonchev–Trinajstić information content (AvgIpc) is 3.11. The van der Waals surface area contributed by atoms with Gasteiger partial charge in [-0.05, 0) is 61.4 Å². The van der Waals surface area contributed by atoms with Gasteiger partial charge in [-0.2, -0.15) is 0 Å². The number of rotatable bonds is 7. The maximum absolute atomic E-state index is 13.3. The zero-order valence-corrected chi connectivity index (χ0v) is 18.7. The lowest BCUT2D eigenvalue weighted by atomic mass is 10.1. The number of imidazole rings is 1. The molecule has 0 saturated heterocycles. The minimum Gasteiger partial charge on any atom is -0.350 e. The van der Waals surface area contributed by atoms with Crippen LogP contribution < -0.4 is 5.32 Å². The Labute approximate surface area is 191 Å². The standard InChI is InChI=1S/C25H24ClFN4O/c1-16-3-12-22-25(28-16)31(15-18-4-10-21(27)11-5-18)23(30-22)13-14-24(32)29-17(2)19-6-8-20(26)9-7-19/h3-12,17H,13-15H2,1-2H3,(H,29,32).